The van der Waals surface area contributed by atoms with Gasteiger partial charge in [-0.2, -0.15) is 5.01 Å². The third kappa shape index (κ3) is 4.05. The van der Waals surface area contributed by atoms with E-state index in [1.807, 2.05) is 12.1 Å². The van der Waals surface area contributed by atoms with E-state index >= 15 is 0 Å². The first kappa shape index (κ1) is 23.4. The fraction of sp³-hybridized carbons (Fsp3) is 0.500. The van der Waals surface area contributed by atoms with Gasteiger partial charge < -0.3 is 9.47 Å². The number of hydrogen-bond donors (Lipinski definition) is 1. The van der Waals surface area contributed by atoms with Crippen molar-refractivity contribution in [2.45, 2.75) is 44.9 Å². The van der Waals surface area contributed by atoms with Crippen LogP contribution in [0.3, 0.4) is 0 Å². The molecule has 34 heavy (non-hydrogen) atoms. The molecule has 0 unspecified atom stereocenters. The maximum Gasteiger partial charge on any atom is 0.285 e. The van der Waals surface area contributed by atoms with Crippen LogP contribution in [0.15, 0.2) is 29.7 Å². The summed E-state index contributed by atoms with van der Waals surface area (Å²) in [6.45, 7) is 3.81. The molecule has 180 valence electrons. The highest BCUT2D eigenvalue weighted by Crippen LogP contribution is 2.60. The Morgan fingerprint density at radius 3 is 2.41 bits per heavy atom. The molecule has 0 aromatic heterocycles. The lowest BCUT2D eigenvalue weighted by molar-refractivity contribution is -0.152. The second kappa shape index (κ2) is 9.04. The molecule has 1 saturated heterocycles. The van der Waals surface area contributed by atoms with Crippen molar-refractivity contribution >= 4 is 46.2 Å². The minimum atomic E-state index is -0.343. The van der Waals surface area contributed by atoms with Crippen molar-refractivity contribution in [3.05, 3.63) is 40.8 Å². The molecule has 4 saturated carbocycles. The molecule has 0 radical (unpaired) electrons. The number of rotatable bonds is 7. The first-order valence-electron chi connectivity index (χ1n) is 11.8. The summed E-state index contributed by atoms with van der Waals surface area (Å²) in [5, 5.41) is 1.26. The summed E-state index contributed by atoms with van der Waals surface area (Å²) in [4.78, 5) is 27.1. The van der Waals surface area contributed by atoms with Crippen LogP contribution in [0.25, 0.3) is 6.08 Å². The third-order valence-electron chi connectivity index (χ3n) is 7.77. The topological polar surface area (TPSA) is 67.9 Å². The van der Waals surface area contributed by atoms with Gasteiger partial charge in [-0.15, -0.1) is 6.58 Å². The molecule has 1 heterocycles. The van der Waals surface area contributed by atoms with Crippen LogP contribution in [-0.2, 0) is 16.0 Å². The molecule has 4 bridgehead atoms. The average molecular weight is 499 g/mol. The number of amides is 2. The Morgan fingerprint density at radius 1 is 1.21 bits per heavy atom. The summed E-state index contributed by atoms with van der Waals surface area (Å²) >= 11 is 6.68. The summed E-state index contributed by atoms with van der Waals surface area (Å²) in [5.74, 6) is 2.85. The number of thioether (sulfide) groups is 1. The van der Waals surface area contributed by atoms with Gasteiger partial charge in [-0.1, -0.05) is 17.8 Å². The fourth-order valence-electron chi connectivity index (χ4n) is 6.78. The van der Waals surface area contributed by atoms with Crippen molar-refractivity contribution in [3.63, 3.8) is 0 Å². The zero-order valence-corrected chi connectivity index (χ0v) is 21.2. The van der Waals surface area contributed by atoms with Gasteiger partial charge in [-0.25, -0.2) is 0 Å². The molecule has 0 spiro atoms. The number of ether oxygens (including phenoxy) is 2. The third-order valence-corrected chi connectivity index (χ3v) is 9.07. The lowest BCUT2D eigenvalue weighted by atomic mass is 9.49. The molecule has 6 rings (SSSR count). The minimum absolute atomic E-state index is 0.0384. The van der Waals surface area contributed by atoms with Crippen LogP contribution in [0.5, 0.6) is 11.5 Å². The molecule has 1 aliphatic heterocycles. The predicted octanol–water partition coefficient (Wildman–Crippen LogP) is 4.88. The Balaban J connectivity index is 1.36. The van der Waals surface area contributed by atoms with E-state index in [-0.39, 0.29) is 17.2 Å². The Kier molecular flexibility index (Phi) is 6.23. The first-order chi connectivity index (χ1) is 16.4. The number of nitrogens with zero attached hydrogens (tertiary/aromatic N) is 1. The molecule has 5 fully saturated rings. The number of methoxy groups -OCH3 is 2. The van der Waals surface area contributed by atoms with E-state index in [1.54, 1.807) is 26.4 Å². The highest BCUT2D eigenvalue weighted by Gasteiger charge is 2.55. The Hall–Kier alpha value is -2.32. The highest BCUT2D eigenvalue weighted by atomic mass is 32.2. The largest absolute Gasteiger partial charge is 0.493 e. The molecule has 0 atom stereocenters. The van der Waals surface area contributed by atoms with Crippen molar-refractivity contribution in [1.29, 1.82) is 0 Å². The van der Waals surface area contributed by atoms with Gasteiger partial charge in [0, 0.05) is 5.56 Å². The van der Waals surface area contributed by atoms with Gasteiger partial charge >= 0.3 is 0 Å². The van der Waals surface area contributed by atoms with Crippen LogP contribution < -0.4 is 14.9 Å². The quantitative estimate of drug-likeness (QED) is 0.328. The number of hydrogen-bond acceptors (Lipinski definition) is 6. The van der Waals surface area contributed by atoms with E-state index in [4.69, 9.17) is 21.7 Å². The summed E-state index contributed by atoms with van der Waals surface area (Å²) in [5.41, 5.74) is 4.27. The lowest BCUT2D eigenvalue weighted by Crippen LogP contribution is -2.57. The summed E-state index contributed by atoms with van der Waals surface area (Å²) in [6, 6.07) is 3.77. The number of thiocarbonyl (C=S) groups is 1. The average Bonchev–Trinajstić information content (AvgIpc) is 3.05. The van der Waals surface area contributed by atoms with Crippen molar-refractivity contribution in [1.82, 2.24) is 10.4 Å². The molecule has 1 aromatic rings. The number of allylic oxidation sites excluding steroid dienone is 1. The molecule has 4 aliphatic carbocycles. The number of benzene rings is 1. The van der Waals surface area contributed by atoms with E-state index in [1.165, 1.54) is 36.0 Å². The zero-order chi connectivity index (χ0) is 24.0. The van der Waals surface area contributed by atoms with Crippen LogP contribution in [0.4, 0.5) is 0 Å². The van der Waals surface area contributed by atoms with Crippen LogP contribution in [0.2, 0.25) is 0 Å². The van der Waals surface area contributed by atoms with Gasteiger partial charge in [0.15, 0.2) is 15.8 Å². The summed E-state index contributed by atoms with van der Waals surface area (Å²) in [7, 11) is 3.18. The van der Waals surface area contributed by atoms with Gasteiger partial charge in [-0.3, -0.25) is 15.0 Å². The van der Waals surface area contributed by atoms with E-state index in [2.05, 4.69) is 12.0 Å². The van der Waals surface area contributed by atoms with Gasteiger partial charge in [0.1, 0.15) is 0 Å². The van der Waals surface area contributed by atoms with Gasteiger partial charge in [0.2, 0.25) is 5.91 Å². The molecule has 8 heteroatoms. The lowest BCUT2D eigenvalue weighted by Gasteiger charge is -2.55. The van der Waals surface area contributed by atoms with Gasteiger partial charge in [-0.05, 0) is 98.7 Å². The van der Waals surface area contributed by atoms with Gasteiger partial charge in [0.25, 0.3) is 5.91 Å². The Labute approximate surface area is 210 Å². The van der Waals surface area contributed by atoms with Gasteiger partial charge in [0.05, 0.1) is 24.5 Å². The molecule has 6 nitrogen and oxygen atoms in total. The molecule has 5 aliphatic rings. The molecular weight excluding hydrogens is 468 g/mol. The van der Waals surface area contributed by atoms with Crippen LogP contribution in [0, 0.1) is 23.2 Å². The smallest absolute Gasteiger partial charge is 0.285 e. The predicted molar refractivity (Wildman–Crippen MR) is 137 cm³/mol. The number of carbonyl (C=O) groups is 2. The van der Waals surface area contributed by atoms with Crippen LogP contribution in [0.1, 0.15) is 49.7 Å². The van der Waals surface area contributed by atoms with Crippen LogP contribution in [-0.4, -0.2) is 35.4 Å². The zero-order valence-electron chi connectivity index (χ0n) is 19.6. The SMILES string of the molecule is C=CCc1cc(C=C2SC(=S)N(NC(=O)C34CC5CC(CC(C5)C3)C4)C2=O)cc(OC)c1OC. The summed E-state index contributed by atoms with van der Waals surface area (Å²) < 4.78 is 11.3. The maximum absolute atomic E-state index is 13.4. The van der Waals surface area contributed by atoms with E-state index in [0.29, 0.717) is 44.9 Å². The van der Waals surface area contributed by atoms with Crippen molar-refractivity contribution in [3.8, 4) is 11.5 Å². The number of nitrogens with one attached hydrogen (secondary N) is 1. The maximum atomic E-state index is 13.4. The second-order valence-corrected chi connectivity index (χ2v) is 11.7. The molecular formula is C26H30N2O4S2. The normalized spacial score (nSPS) is 30.7. The standard InChI is InChI=1S/C26H30N2O4S2/c1-4-5-19-9-15(10-20(31-2)22(19)32-3)11-21-23(29)28(25(33)34-21)27-24(30)26-12-16-6-17(13-26)8-18(7-16)14-26/h4,9-11,16-18H,1,5-8,12-14H2,2-3H3,(H,27,30). The monoisotopic (exact) mass is 498 g/mol. The van der Waals surface area contributed by atoms with Crippen molar-refractivity contribution < 1.29 is 19.1 Å². The fourth-order valence-corrected chi connectivity index (χ4v) is 7.96. The highest BCUT2D eigenvalue weighted by molar-refractivity contribution is 8.26. The summed E-state index contributed by atoms with van der Waals surface area (Å²) in [6.07, 6.45) is 10.8. The Morgan fingerprint density at radius 2 is 1.85 bits per heavy atom. The molecule has 2 amide bonds. The first-order valence-corrected chi connectivity index (χ1v) is 13.0. The van der Waals surface area contributed by atoms with E-state index in [0.717, 1.165) is 30.4 Å². The van der Waals surface area contributed by atoms with Crippen molar-refractivity contribution in [2.75, 3.05) is 14.2 Å². The van der Waals surface area contributed by atoms with E-state index in [9.17, 15) is 9.59 Å². The van der Waals surface area contributed by atoms with Crippen LogP contribution >= 0.6 is 24.0 Å². The van der Waals surface area contributed by atoms with Crippen molar-refractivity contribution in [2.24, 2.45) is 23.2 Å². The number of hydrazine groups is 1. The Bertz CT molecular complexity index is 1060. The molecule has 1 aromatic carbocycles. The minimum Gasteiger partial charge on any atom is -0.493 e. The second-order valence-electron chi connectivity index (χ2n) is 10.1. The number of carbonyl (C=O) groups excluding carboxylic acids is 2. The van der Waals surface area contributed by atoms with E-state index < -0.39 is 0 Å². The molecule has 1 N–H and O–H groups in total.